The number of carbonyl (C=O) groups is 3. The summed E-state index contributed by atoms with van der Waals surface area (Å²) >= 11 is 16.9. The Morgan fingerprint density at radius 1 is 0.967 bits per heavy atom. The molecule has 0 unspecified atom stereocenters. The SMILES string of the molecule is C#CCOC[C@H]1O[C@H](OC(=N)C(Cl)(Cl)Cl)[C@H](OC(C)=O)[C@@H](OC(C)=O)[C@H]1OC(C)=O. The Kier molecular flexibility index (Phi) is 10.1. The van der Waals surface area contributed by atoms with E-state index in [1.54, 1.807) is 0 Å². The van der Waals surface area contributed by atoms with Crippen LogP contribution >= 0.6 is 34.8 Å². The molecule has 1 heterocycles. The number of ether oxygens (including phenoxy) is 6. The predicted octanol–water partition coefficient (Wildman–Crippen LogP) is 1.52. The number of nitrogens with one attached hydrogen (secondary N) is 1. The lowest BCUT2D eigenvalue weighted by atomic mass is 9.98. The van der Waals surface area contributed by atoms with E-state index in [2.05, 4.69) is 5.92 Å². The third-order valence-corrected chi connectivity index (χ3v) is 3.97. The molecule has 1 N–H and O–H groups in total. The summed E-state index contributed by atoms with van der Waals surface area (Å²) in [5, 5.41) is 7.76. The van der Waals surface area contributed by atoms with Gasteiger partial charge in [0.25, 0.3) is 3.79 Å². The van der Waals surface area contributed by atoms with Crippen molar-refractivity contribution in [2.45, 2.75) is 55.3 Å². The minimum Gasteiger partial charge on any atom is -0.456 e. The number of esters is 3. The van der Waals surface area contributed by atoms with Gasteiger partial charge in [-0.2, -0.15) is 0 Å². The second-order valence-electron chi connectivity index (χ2n) is 5.93. The highest BCUT2D eigenvalue weighted by Crippen LogP contribution is 2.33. The van der Waals surface area contributed by atoms with Crippen molar-refractivity contribution in [3.05, 3.63) is 0 Å². The normalized spacial score (nSPS) is 26.1. The molecule has 0 aromatic heterocycles. The number of alkyl halides is 3. The Balaban J connectivity index is 3.34. The molecule has 30 heavy (non-hydrogen) atoms. The molecule has 0 aromatic carbocycles. The summed E-state index contributed by atoms with van der Waals surface area (Å²) in [5.74, 6) is -0.937. The summed E-state index contributed by atoms with van der Waals surface area (Å²) in [6.07, 6.45) is -1.67. The first-order valence-corrected chi connectivity index (χ1v) is 9.51. The fourth-order valence-corrected chi connectivity index (χ4v) is 2.63. The summed E-state index contributed by atoms with van der Waals surface area (Å²) in [6.45, 7) is 2.95. The van der Waals surface area contributed by atoms with E-state index in [1.165, 1.54) is 0 Å². The van der Waals surface area contributed by atoms with E-state index >= 15 is 0 Å². The molecular formula is C17H20Cl3NO9. The van der Waals surface area contributed by atoms with Crippen LogP contribution in [0.1, 0.15) is 20.8 Å². The van der Waals surface area contributed by atoms with Crippen LogP contribution in [0, 0.1) is 17.8 Å². The fourth-order valence-electron chi connectivity index (χ4n) is 2.50. The van der Waals surface area contributed by atoms with Crippen molar-refractivity contribution in [2.24, 2.45) is 0 Å². The minimum atomic E-state index is -2.26. The molecule has 0 amide bonds. The Morgan fingerprint density at radius 3 is 1.93 bits per heavy atom. The standard InChI is InChI=1S/C17H20Cl3NO9/c1-5-6-25-7-11-12(26-8(2)22)13(27-9(3)23)14(28-10(4)24)15(29-11)30-16(21)17(18,19)20/h1,11-15,21H,6-7H2,2-4H3/t11-,12+,13+,14-,15-/m1/s1. The molecule has 1 saturated heterocycles. The van der Waals surface area contributed by atoms with E-state index in [0.29, 0.717) is 0 Å². The number of hydrogen-bond donors (Lipinski definition) is 1. The van der Waals surface area contributed by atoms with Gasteiger partial charge in [-0.3, -0.25) is 19.8 Å². The van der Waals surface area contributed by atoms with Crippen molar-refractivity contribution < 1.29 is 42.8 Å². The van der Waals surface area contributed by atoms with Crippen LogP contribution in [0.15, 0.2) is 0 Å². The Hall–Kier alpha value is -1.77. The molecule has 0 aliphatic carbocycles. The quantitative estimate of drug-likeness (QED) is 0.108. The third kappa shape index (κ3) is 8.16. The molecule has 5 atom stereocenters. The van der Waals surface area contributed by atoms with Crippen LogP contribution in [-0.2, 0) is 42.8 Å². The molecule has 168 valence electrons. The summed E-state index contributed by atoms with van der Waals surface area (Å²) in [6, 6.07) is 0. The zero-order valence-corrected chi connectivity index (χ0v) is 18.5. The lowest BCUT2D eigenvalue weighted by Gasteiger charge is -2.44. The van der Waals surface area contributed by atoms with Gasteiger partial charge in [-0.15, -0.1) is 6.42 Å². The van der Waals surface area contributed by atoms with Crippen molar-refractivity contribution in [2.75, 3.05) is 13.2 Å². The van der Waals surface area contributed by atoms with E-state index in [-0.39, 0.29) is 13.2 Å². The van der Waals surface area contributed by atoms with Gasteiger partial charge in [-0.25, -0.2) is 0 Å². The number of hydrogen-bond acceptors (Lipinski definition) is 10. The van der Waals surface area contributed by atoms with Gasteiger partial charge in [0, 0.05) is 20.8 Å². The molecule has 0 spiro atoms. The van der Waals surface area contributed by atoms with Gasteiger partial charge < -0.3 is 28.4 Å². The van der Waals surface area contributed by atoms with Gasteiger partial charge in [0.2, 0.25) is 18.3 Å². The monoisotopic (exact) mass is 487 g/mol. The van der Waals surface area contributed by atoms with Gasteiger partial charge in [-0.05, 0) is 0 Å². The number of rotatable bonds is 7. The van der Waals surface area contributed by atoms with Crippen LogP contribution in [-0.4, -0.2) is 71.5 Å². The zero-order chi connectivity index (χ0) is 23.1. The Labute approximate surface area is 187 Å². The average Bonchev–Trinajstić information content (AvgIpc) is 2.59. The minimum absolute atomic E-state index is 0.103. The molecule has 13 heteroatoms. The molecule has 10 nitrogen and oxygen atoms in total. The maximum absolute atomic E-state index is 11.7. The van der Waals surface area contributed by atoms with Crippen LogP contribution in [0.25, 0.3) is 0 Å². The first-order chi connectivity index (χ1) is 13.9. The largest absolute Gasteiger partial charge is 0.456 e. The van der Waals surface area contributed by atoms with Gasteiger partial charge in [-0.1, -0.05) is 40.7 Å². The average molecular weight is 489 g/mol. The second kappa shape index (κ2) is 11.6. The van der Waals surface area contributed by atoms with Gasteiger partial charge in [0.1, 0.15) is 12.7 Å². The molecule has 0 bridgehead atoms. The molecule has 0 saturated carbocycles. The van der Waals surface area contributed by atoms with Gasteiger partial charge in [0.15, 0.2) is 12.2 Å². The molecule has 0 aromatic rings. The maximum atomic E-state index is 11.7. The Morgan fingerprint density at radius 2 is 1.47 bits per heavy atom. The third-order valence-electron chi connectivity index (χ3n) is 3.46. The van der Waals surface area contributed by atoms with Crippen LogP contribution in [0.4, 0.5) is 0 Å². The van der Waals surface area contributed by atoms with E-state index in [1.807, 2.05) is 0 Å². The van der Waals surface area contributed by atoms with Crippen molar-refractivity contribution in [3.8, 4) is 12.3 Å². The summed E-state index contributed by atoms with van der Waals surface area (Å²) in [4.78, 5) is 34.9. The molecule has 1 aliphatic rings. The zero-order valence-electron chi connectivity index (χ0n) is 16.2. The van der Waals surface area contributed by atoms with E-state index in [9.17, 15) is 14.4 Å². The van der Waals surface area contributed by atoms with E-state index in [0.717, 1.165) is 20.8 Å². The topological polar surface area (TPSA) is 130 Å². The highest BCUT2D eigenvalue weighted by molar-refractivity contribution is 6.76. The van der Waals surface area contributed by atoms with Crippen LogP contribution in [0.3, 0.4) is 0 Å². The maximum Gasteiger partial charge on any atom is 0.303 e. The molecule has 1 aliphatic heterocycles. The molecule has 1 fully saturated rings. The van der Waals surface area contributed by atoms with Crippen LogP contribution < -0.4 is 0 Å². The smallest absolute Gasteiger partial charge is 0.303 e. The predicted molar refractivity (Wildman–Crippen MR) is 104 cm³/mol. The van der Waals surface area contributed by atoms with Crippen LogP contribution in [0.2, 0.25) is 0 Å². The van der Waals surface area contributed by atoms with E-state index < -0.39 is 58.3 Å². The number of terminal acetylenes is 1. The molecular weight excluding hydrogens is 469 g/mol. The molecule has 1 rings (SSSR count). The van der Waals surface area contributed by atoms with Crippen molar-refractivity contribution in [1.29, 1.82) is 5.41 Å². The Bertz CT molecular complexity index is 704. The van der Waals surface area contributed by atoms with Crippen molar-refractivity contribution >= 4 is 58.6 Å². The second-order valence-corrected chi connectivity index (χ2v) is 8.21. The number of halogens is 3. The highest BCUT2D eigenvalue weighted by Gasteiger charge is 2.54. The first-order valence-electron chi connectivity index (χ1n) is 8.37. The number of carbonyl (C=O) groups excluding carboxylic acids is 3. The van der Waals surface area contributed by atoms with Gasteiger partial charge in [0.05, 0.1) is 6.61 Å². The summed E-state index contributed by atoms with van der Waals surface area (Å²) in [7, 11) is 0. The molecule has 0 radical (unpaired) electrons. The lowest BCUT2D eigenvalue weighted by molar-refractivity contribution is -0.292. The summed E-state index contributed by atoms with van der Waals surface area (Å²) < 4.78 is 29.5. The first kappa shape index (κ1) is 26.3. The fraction of sp³-hybridized carbons (Fsp3) is 0.647. The van der Waals surface area contributed by atoms with Crippen molar-refractivity contribution in [1.82, 2.24) is 0 Å². The van der Waals surface area contributed by atoms with Crippen LogP contribution in [0.5, 0.6) is 0 Å². The summed E-state index contributed by atoms with van der Waals surface area (Å²) in [5.41, 5.74) is 0. The van der Waals surface area contributed by atoms with Crippen molar-refractivity contribution in [3.63, 3.8) is 0 Å². The highest BCUT2D eigenvalue weighted by atomic mass is 35.6. The lowest BCUT2D eigenvalue weighted by Crippen LogP contribution is -2.63. The van der Waals surface area contributed by atoms with E-state index in [4.69, 9.17) is 75.1 Å². The van der Waals surface area contributed by atoms with Gasteiger partial charge >= 0.3 is 17.9 Å².